The summed E-state index contributed by atoms with van der Waals surface area (Å²) in [5, 5.41) is 21.7. The third kappa shape index (κ3) is 28.7. The number of ether oxygens (including phenoxy) is 5. The maximum Gasteiger partial charge on any atom is 0.408 e. The zero-order chi connectivity index (χ0) is 32.8. The Morgan fingerprint density at radius 1 is 0.732 bits per heavy atom. The zero-order valence-electron chi connectivity index (χ0n) is 27.1. The van der Waals surface area contributed by atoms with Crippen molar-refractivity contribution in [2.45, 2.75) is 130 Å². The van der Waals surface area contributed by atoms with E-state index >= 15 is 0 Å². The van der Waals surface area contributed by atoms with Gasteiger partial charge in [-0.1, -0.05) is 13.8 Å². The van der Waals surface area contributed by atoms with Crippen LogP contribution in [0.15, 0.2) is 0 Å². The molecule has 4 atom stereocenters. The second-order valence-electron chi connectivity index (χ2n) is 11.1. The number of aliphatic hydroxyl groups excluding tert-OH is 1. The van der Waals surface area contributed by atoms with E-state index < -0.39 is 47.4 Å². The fourth-order valence-corrected chi connectivity index (χ4v) is 2.41. The Hall–Kier alpha value is -2.64. The van der Waals surface area contributed by atoms with Crippen LogP contribution in [0.4, 0.5) is 9.59 Å². The minimum Gasteiger partial charge on any atom is -0.480 e. The molecule has 4 N–H and O–H groups in total. The van der Waals surface area contributed by atoms with Crippen LogP contribution in [0.2, 0.25) is 0 Å². The van der Waals surface area contributed by atoms with Crippen molar-refractivity contribution in [2.24, 2.45) is 0 Å². The lowest BCUT2D eigenvalue weighted by molar-refractivity contribution is -0.147. The molecule has 13 heteroatoms. The standard InChI is InChI=1S/C14H27NO5.C9H17NO4.C5H12O2/c1-7-11(15-13(17)20-14(3,4)5)12(16)19-9-8-10(2)18-6;1-5-6(7(11)12)10-8(13)14-9(2,3)4;1-5(7-2)3-4-6/h10-11H,7-9H2,1-6H3,(H,15,17);6H,5H2,1-4H3,(H,10,13)(H,11,12);5-6H,3-4H2,1-2H3/t10-,11+;6-;5-/m101/s1. The number of nitrogens with one attached hydrogen (secondary N) is 2. The van der Waals surface area contributed by atoms with Gasteiger partial charge in [0.15, 0.2) is 0 Å². The highest BCUT2D eigenvalue weighted by molar-refractivity contribution is 5.81. The zero-order valence-corrected chi connectivity index (χ0v) is 27.1. The first-order valence-corrected chi connectivity index (χ1v) is 13.8. The van der Waals surface area contributed by atoms with Crippen molar-refractivity contribution in [3.05, 3.63) is 0 Å². The largest absolute Gasteiger partial charge is 0.480 e. The van der Waals surface area contributed by atoms with E-state index in [-0.39, 0.29) is 25.4 Å². The Morgan fingerprint density at radius 2 is 1.12 bits per heavy atom. The fourth-order valence-electron chi connectivity index (χ4n) is 2.41. The highest BCUT2D eigenvalue weighted by Gasteiger charge is 2.24. The van der Waals surface area contributed by atoms with Gasteiger partial charge in [-0.3, -0.25) is 0 Å². The first-order valence-electron chi connectivity index (χ1n) is 13.8. The Morgan fingerprint density at radius 3 is 1.41 bits per heavy atom. The van der Waals surface area contributed by atoms with Crippen LogP contribution in [0, 0.1) is 0 Å². The monoisotopic (exact) mass is 596 g/mol. The summed E-state index contributed by atoms with van der Waals surface area (Å²) in [7, 11) is 3.24. The minimum absolute atomic E-state index is 0.0293. The second-order valence-corrected chi connectivity index (χ2v) is 11.1. The molecule has 41 heavy (non-hydrogen) atoms. The van der Waals surface area contributed by atoms with Gasteiger partial charge in [0.05, 0.1) is 18.8 Å². The van der Waals surface area contributed by atoms with Crippen LogP contribution in [-0.4, -0.2) is 97.3 Å². The van der Waals surface area contributed by atoms with Crippen LogP contribution in [0.1, 0.15) is 94.9 Å². The van der Waals surface area contributed by atoms with Crippen LogP contribution < -0.4 is 10.6 Å². The van der Waals surface area contributed by atoms with Crippen molar-refractivity contribution >= 4 is 24.1 Å². The third-order valence-corrected chi connectivity index (χ3v) is 4.89. The van der Waals surface area contributed by atoms with Crippen LogP contribution in [-0.2, 0) is 33.3 Å². The Kier molecular flexibility index (Phi) is 24.0. The Balaban J connectivity index is -0.000000594. The molecule has 0 saturated heterocycles. The summed E-state index contributed by atoms with van der Waals surface area (Å²) < 4.78 is 25.0. The van der Waals surface area contributed by atoms with Crippen molar-refractivity contribution in [1.29, 1.82) is 0 Å². The summed E-state index contributed by atoms with van der Waals surface area (Å²) in [6.07, 6.45) is 1.03. The van der Waals surface area contributed by atoms with Crippen LogP contribution in [0.5, 0.6) is 0 Å². The van der Waals surface area contributed by atoms with Crippen LogP contribution in [0.3, 0.4) is 0 Å². The Bertz CT molecular complexity index is 734. The number of hydrogen-bond donors (Lipinski definition) is 4. The molecule has 0 heterocycles. The molecule has 0 unspecified atom stereocenters. The highest BCUT2D eigenvalue weighted by Crippen LogP contribution is 2.08. The van der Waals surface area contributed by atoms with Crippen molar-refractivity contribution in [1.82, 2.24) is 10.6 Å². The van der Waals surface area contributed by atoms with Crippen molar-refractivity contribution in [3.8, 4) is 0 Å². The number of esters is 1. The van der Waals surface area contributed by atoms with Crippen molar-refractivity contribution in [2.75, 3.05) is 27.4 Å². The lowest BCUT2D eigenvalue weighted by Crippen LogP contribution is -2.44. The predicted octanol–water partition coefficient (Wildman–Crippen LogP) is 4.04. The molecule has 2 amide bonds. The lowest BCUT2D eigenvalue weighted by Gasteiger charge is -2.22. The number of alkyl carbamates (subject to hydrolysis) is 2. The molecule has 0 aliphatic carbocycles. The van der Waals surface area contributed by atoms with Gasteiger partial charge >= 0.3 is 24.1 Å². The number of aliphatic carboxylic acids is 1. The highest BCUT2D eigenvalue weighted by atomic mass is 16.6. The van der Waals surface area contributed by atoms with Crippen molar-refractivity contribution < 1.29 is 53.1 Å². The van der Waals surface area contributed by atoms with Gasteiger partial charge in [0.1, 0.15) is 23.3 Å². The van der Waals surface area contributed by atoms with Gasteiger partial charge in [-0.05, 0) is 74.7 Å². The summed E-state index contributed by atoms with van der Waals surface area (Å²) in [6, 6.07) is -1.58. The summed E-state index contributed by atoms with van der Waals surface area (Å²) in [6.45, 7) is 18.2. The number of hydrogen-bond acceptors (Lipinski definition) is 10. The maximum absolute atomic E-state index is 11.8. The first-order chi connectivity index (χ1) is 18.8. The van der Waals surface area contributed by atoms with Gasteiger partial charge in [-0.15, -0.1) is 0 Å². The molecule has 0 saturated carbocycles. The summed E-state index contributed by atoms with van der Waals surface area (Å²) in [5.74, 6) is -1.51. The quantitative estimate of drug-likeness (QED) is 0.178. The number of carbonyl (C=O) groups excluding carboxylic acids is 3. The van der Waals surface area contributed by atoms with E-state index in [1.807, 2.05) is 13.8 Å². The van der Waals surface area contributed by atoms with Crippen molar-refractivity contribution in [3.63, 3.8) is 0 Å². The number of carboxylic acid groups (broad SMARTS) is 1. The van der Waals surface area contributed by atoms with Crippen LogP contribution >= 0.6 is 0 Å². The number of methoxy groups -OCH3 is 2. The van der Waals surface area contributed by atoms with Gasteiger partial charge in [-0.2, -0.15) is 0 Å². The minimum atomic E-state index is -1.06. The van der Waals surface area contributed by atoms with E-state index in [0.29, 0.717) is 19.3 Å². The molecule has 13 nitrogen and oxygen atoms in total. The van der Waals surface area contributed by atoms with E-state index in [0.717, 1.165) is 6.42 Å². The first kappa shape index (κ1) is 42.8. The number of amides is 2. The number of carboxylic acids is 1. The number of aliphatic hydroxyl groups is 1. The maximum atomic E-state index is 11.8. The molecule has 0 spiro atoms. The molecule has 0 bridgehead atoms. The molecule has 0 aliphatic heterocycles. The number of carbonyl (C=O) groups is 4. The van der Waals surface area contributed by atoms with Gasteiger partial charge in [0.2, 0.25) is 0 Å². The average molecular weight is 597 g/mol. The summed E-state index contributed by atoms with van der Waals surface area (Å²) in [4.78, 5) is 45.1. The van der Waals surface area contributed by atoms with E-state index in [1.165, 1.54) is 0 Å². The van der Waals surface area contributed by atoms with Gasteiger partial charge in [-0.25, -0.2) is 19.2 Å². The van der Waals surface area contributed by atoms with E-state index in [4.69, 9.17) is 33.9 Å². The normalized spacial score (nSPS) is 13.9. The summed E-state index contributed by atoms with van der Waals surface area (Å²) in [5.41, 5.74) is -1.21. The predicted molar refractivity (Wildman–Crippen MR) is 155 cm³/mol. The molecule has 244 valence electrons. The van der Waals surface area contributed by atoms with E-state index in [9.17, 15) is 19.2 Å². The molecule has 0 fully saturated rings. The summed E-state index contributed by atoms with van der Waals surface area (Å²) >= 11 is 0. The van der Waals surface area contributed by atoms with Gasteiger partial charge < -0.3 is 44.5 Å². The number of rotatable bonds is 13. The van der Waals surface area contributed by atoms with E-state index in [2.05, 4.69) is 10.6 Å². The molecule has 0 aromatic heterocycles. The Labute approximate surface area is 246 Å². The molecule has 0 aromatic rings. The molecular formula is C28H56N2O11. The van der Waals surface area contributed by atoms with E-state index in [1.54, 1.807) is 69.6 Å². The lowest BCUT2D eigenvalue weighted by atomic mass is 10.2. The third-order valence-electron chi connectivity index (χ3n) is 4.89. The average Bonchev–Trinajstić information content (AvgIpc) is 2.84. The van der Waals surface area contributed by atoms with Gasteiger partial charge in [0.25, 0.3) is 0 Å². The van der Waals surface area contributed by atoms with Gasteiger partial charge in [0, 0.05) is 27.2 Å². The topological polar surface area (TPSA) is 179 Å². The van der Waals surface area contributed by atoms with Crippen LogP contribution in [0.25, 0.3) is 0 Å². The molecule has 0 radical (unpaired) electrons. The molecule has 0 aliphatic rings. The SMILES string of the molecule is CC[C@H](NC(=O)OC(C)(C)C)C(=O)O.CC[C@H](NC(=O)OC(C)(C)C)C(=O)OCC[C@@H](C)OC.CO[C@H](C)CCO. The smallest absolute Gasteiger partial charge is 0.408 e. The molecular weight excluding hydrogens is 540 g/mol. The molecule has 0 aromatic carbocycles. The fraction of sp³-hybridized carbons (Fsp3) is 0.857. The molecule has 0 rings (SSSR count). The second kappa shape index (κ2) is 23.0.